The van der Waals surface area contributed by atoms with Crippen LogP contribution in [0.15, 0.2) is 24.3 Å². The Bertz CT molecular complexity index is 903. The van der Waals surface area contributed by atoms with E-state index in [1.54, 1.807) is 13.2 Å². The molecule has 0 saturated heterocycles. The zero-order valence-electron chi connectivity index (χ0n) is 17.7. The first kappa shape index (κ1) is 19.7. The largest absolute Gasteiger partial charge is 0.508 e. The van der Waals surface area contributed by atoms with Crippen LogP contribution in [0, 0.1) is 0 Å². The molecule has 4 rings (SSSR count). The number of phenols is 1. The van der Waals surface area contributed by atoms with Crippen molar-refractivity contribution in [3.05, 3.63) is 41.0 Å². The summed E-state index contributed by atoms with van der Waals surface area (Å²) in [5.41, 5.74) is 2.87. The van der Waals surface area contributed by atoms with Crippen molar-refractivity contribution >= 4 is 0 Å². The molecule has 2 aliphatic rings. The smallest absolute Gasteiger partial charge is 0.133 e. The van der Waals surface area contributed by atoms with E-state index in [1.807, 2.05) is 18.2 Å². The first-order valence-corrected chi connectivity index (χ1v) is 10.4. The number of phenolic OH excluding ortho intramolecular Hbond substituents is 1. The SMILES string of the molecule is CCCOc1ccc([C@@H]2COc3c(c(OC)cc4c3CCC(C)(C)O4)C2)c(O)c1. The van der Waals surface area contributed by atoms with E-state index < -0.39 is 0 Å². The zero-order valence-corrected chi connectivity index (χ0v) is 17.7. The Labute approximate surface area is 172 Å². The monoisotopic (exact) mass is 398 g/mol. The Morgan fingerprint density at radius 1 is 1.21 bits per heavy atom. The molecule has 0 fully saturated rings. The van der Waals surface area contributed by atoms with Crippen LogP contribution in [0.1, 0.15) is 56.2 Å². The first-order chi connectivity index (χ1) is 13.9. The summed E-state index contributed by atoms with van der Waals surface area (Å²) in [7, 11) is 1.68. The summed E-state index contributed by atoms with van der Waals surface area (Å²) < 4.78 is 23.7. The molecule has 0 aliphatic carbocycles. The van der Waals surface area contributed by atoms with Crippen molar-refractivity contribution < 1.29 is 24.1 Å². The third kappa shape index (κ3) is 3.83. The van der Waals surface area contributed by atoms with Gasteiger partial charge in [0.15, 0.2) is 0 Å². The molecule has 0 spiro atoms. The highest BCUT2D eigenvalue weighted by Gasteiger charge is 2.35. The minimum Gasteiger partial charge on any atom is -0.508 e. The number of hydrogen-bond donors (Lipinski definition) is 1. The van der Waals surface area contributed by atoms with E-state index in [4.69, 9.17) is 18.9 Å². The second-order valence-corrected chi connectivity index (χ2v) is 8.51. The quantitative estimate of drug-likeness (QED) is 0.767. The molecular formula is C24H30O5. The summed E-state index contributed by atoms with van der Waals surface area (Å²) in [4.78, 5) is 0. The standard InChI is InChI=1S/C24H30O5/c1-5-10-27-16-6-7-17(20(25)12-16)15-11-19-21(26-4)13-22-18(23(19)28-14-15)8-9-24(2,3)29-22/h6-7,12-13,15,25H,5,8-11,14H2,1-4H3/t15-/m0/s1. The van der Waals surface area contributed by atoms with Crippen molar-refractivity contribution in [1.29, 1.82) is 0 Å². The average molecular weight is 398 g/mol. The van der Waals surface area contributed by atoms with Crippen LogP contribution < -0.4 is 18.9 Å². The van der Waals surface area contributed by atoms with Crippen LogP contribution in [0.25, 0.3) is 0 Å². The minimum absolute atomic E-state index is 0.0515. The molecule has 2 aliphatic heterocycles. The van der Waals surface area contributed by atoms with Crippen molar-refractivity contribution in [3.8, 4) is 28.7 Å². The molecule has 0 aromatic heterocycles. The fourth-order valence-electron chi connectivity index (χ4n) is 4.22. The van der Waals surface area contributed by atoms with Crippen molar-refractivity contribution in [2.75, 3.05) is 20.3 Å². The maximum absolute atomic E-state index is 10.6. The number of ether oxygens (including phenoxy) is 4. The number of aromatic hydroxyl groups is 1. The van der Waals surface area contributed by atoms with Gasteiger partial charge in [0, 0.05) is 34.7 Å². The Morgan fingerprint density at radius 2 is 2.03 bits per heavy atom. The Morgan fingerprint density at radius 3 is 2.76 bits per heavy atom. The van der Waals surface area contributed by atoms with Crippen molar-refractivity contribution in [2.45, 2.75) is 58.0 Å². The number of rotatable bonds is 5. The van der Waals surface area contributed by atoms with Gasteiger partial charge in [-0.25, -0.2) is 0 Å². The molecule has 0 saturated carbocycles. The topological polar surface area (TPSA) is 57.2 Å². The minimum atomic E-state index is -0.184. The fraction of sp³-hybridized carbons (Fsp3) is 0.500. The molecule has 29 heavy (non-hydrogen) atoms. The van der Waals surface area contributed by atoms with E-state index in [0.29, 0.717) is 19.0 Å². The van der Waals surface area contributed by atoms with Gasteiger partial charge in [0.25, 0.3) is 0 Å². The lowest BCUT2D eigenvalue weighted by Gasteiger charge is -2.36. The van der Waals surface area contributed by atoms with Gasteiger partial charge in [-0.05, 0) is 45.6 Å². The normalized spacial score (nSPS) is 19.4. The van der Waals surface area contributed by atoms with E-state index in [0.717, 1.165) is 59.6 Å². The van der Waals surface area contributed by atoms with Crippen LogP contribution in [0.3, 0.4) is 0 Å². The Kier molecular flexibility index (Phi) is 5.24. The van der Waals surface area contributed by atoms with Gasteiger partial charge in [-0.2, -0.15) is 0 Å². The lowest BCUT2D eigenvalue weighted by Crippen LogP contribution is -2.33. The molecule has 1 atom stereocenters. The Hall–Kier alpha value is -2.56. The molecule has 0 unspecified atom stereocenters. The summed E-state index contributed by atoms with van der Waals surface area (Å²) in [6.07, 6.45) is 3.55. The van der Waals surface area contributed by atoms with E-state index in [9.17, 15) is 5.11 Å². The van der Waals surface area contributed by atoms with Gasteiger partial charge in [0.1, 0.15) is 34.3 Å². The summed E-state index contributed by atoms with van der Waals surface area (Å²) in [6.45, 7) is 7.42. The van der Waals surface area contributed by atoms with Crippen molar-refractivity contribution in [3.63, 3.8) is 0 Å². The summed E-state index contributed by atoms with van der Waals surface area (Å²) in [5.74, 6) is 3.53. The molecule has 2 heterocycles. The predicted octanol–water partition coefficient (Wildman–Crippen LogP) is 5.01. The molecule has 0 bridgehead atoms. The van der Waals surface area contributed by atoms with Crippen LogP contribution in [-0.2, 0) is 12.8 Å². The van der Waals surface area contributed by atoms with Gasteiger partial charge < -0.3 is 24.1 Å². The van der Waals surface area contributed by atoms with Crippen LogP contribution in [0.5, 0.6) is 28.7 Å². The molecule has 156 valence electrons. The molecule has 2 aromatic carbocycles. The number of hydrogen-bond acceptors (Lipinski definition) is 5. The van der Waals surface area contributed by atoms with E-state index in [-0.39, 0.29) is 17.3 Å². The fourth-order valence-corrected chi connectivity index (χ4v) is 4.22. The second-order valence-electron chi connectivity index (χ2n) is 8.51. The molecule has 2 aromatic rings. The molecule has 5 nitrogen and oxygen atoms in total. The van der Waals surface area contributed by atoms with Gasteiger partial charge >= 0.3 is 0 Å². The zero-order chi connectivity index (χ0) is 20.6. The lowest BCUT2D eigenvalue weighted by molar-refractivity contribution is 0.0821. The summed E-state index contributed by atoms with van der Waals surface area (Å²) >= 11 is 0. The second kappa shape index (κ2) is 7.69. The maximum Gasteiger partial charge on any atom is 0.133 e. The Balaban J connectivity index is 1.64. The molecule has 0 radical (unpaired) electrons. The predicted molar refractivity (Wildman–Crippen MR) is 112 cm³/mol. The summed E-state index contributed by atoms with van der Waals surface area (Å²) in [5, 5.41) is 10.6. The average Bonchev–Trinajstić information content (AvgIpc) is 2.70. The number of methoxy groups -OCH3 is 1. The van der Waals surface area contributed by atoms with Crippen LogP contribution >= 0.6 is 0 Å². The lowest BCUT2D eigenvalue weighted by atomic mass is 9.85. The highest BCUT2D eigenvalue weighted by molar-refractivity contribution is 5.60. The highest BCUT2D eigenvalue weighted by Crippen LogP contribution is 2.49. The summed E-state index contributed by atoms with van der Waals surface area (Å²) in [6, 6.07) is 7.54. The molecular weight excluding hydrogens is 368 g/mol. The van der Waals surface area contributed by atoms with Gasteiger partial charge in [-0.15, -0.1) is 0 Å². The third-order valence-corrected chi connectivity index (χ3v) is 5.78. The van der Waals surface area contributed by atoms with Crippen LogP contribution in [-0.4, -0.2) is 31.0 Å². The van der Waals surface area contributed by atoms with E-state index in [1.165, 1.54) is 0 Å². The van der Waals surface area contributed by atoms with E-state index >= 15 is 0 Å². The van der Waals surface area contributed by atoms with Gasteiger partial charge in [-0.1, -0.05) is 13.0 Å². The van der Waals surface area contributed by atoms with Gasteiger partial charge in [0.2, 0.25) is 0 Å². The molecule has 5 heteroatoms. The van der Waals surface area contributed by atoms with Gasteiger partial charge in [0.05, 0.1) is 20.3 Å². The van der Waals surface area contributed by atoms with Crippen molar-refractivity contribution in [1.82, 2.24) is 0 Å². The van der Waals surface area contributed by atoms with Crippen LogP contribution in [0.2, 0.25) is 0 Å². The molecule has 0 amide bonds. The molecule has 1 N–H and O–H groups in total. The van der Waals surface area contributed by atoms with E-state index in [2.05, 4.69) is 20.8 Å². The van der Waals surface area contributed by atoms with Gasteiger partial charge in [-0.3, -0.25) is 0 Å². The van der Waals surface area contributed by atoms with Crippen LogP contribution in [0.4, 0.5) is 0 Å². The third-order valence-electron chi connectivity index (χ3n) is 5.78. The highest BCUT2D eigenvalue weighted by atomic mass is 16.5. The first-order valence-electron chi connectivity index (χ1n) is 10.4. The maximum atomic E-state index is 10.6. The number of fused-ring (bicyclic) bond motifs is 3. The number of benzene rings is 2. The van der Waals surface area contributed by atoms with Crippen molar-refractivity contribution in [2.24, 2.45) is 0 Å².